The van der Waals surface area contributed by atoms with Crippen molar-refractivity contribution in [2.45, 2.75) is 99.4 Å². The van der Waals surface area contributed by atoms with Gasteiger partial charge in [0.2, 0.25) is 0 Å². The standard InChI is InChI=1S/C44H56N2O13/c1-13-56-43(54)28-25(8)46(11)34-29-31-37(50)24(7)40-32(29)41(52)44(10,59-40)57-18-17-27(55-12)21(4)39(58-26(9)47)23(6)36(49)22(5)35(48)19(2)15-14-16-20(3)42(53)45-33(30(28)34)38(31)51/h14-19,21-23,27,35-36,39,48-51H,13H2,1-12H3,(H,45,53)/b15-14-,18-17+,20-16+. The van der Waals surface area contributed by atoms with Gasteiger partial charge in [0.1, 0.15) is 17.6 Å². The third-order valence-electron chi connectivity index (χ3n) is 11.9. The number of aliphatic hydroxyl groups excluding tert-OH is 2. The highest BCUT2D eigenvalue weighted by atomic mass is 16.7. The zero-order valence-electron chi connectivity index (χ0n) is 35.6. The van der Waals surface area contributed by atoms with Gasteiger partial charge in [-0.2, -0.15) is 0 Å². The number of benzene rings is 2. The number of aromatic nitrogens is 1. The van der Waals surface area contributed by atoms with Gasteiger partial charge in [0.05, 0.1) is 58.9 Å². The molecule has 320 valence electrons. The van der Waals surface area contributed by atoms with Crippen molar-refractivity contribution in [3.05, 3.63) is 58.5 Å². The number of Topliss-reactive ketones (excluding diaryl/α,β-unsaturated/α-hetero) is 1. The summed E-state index contributed by atoms with van der Waals surface area (Å²) in [6.45, 7) is 15.9. The van der Waals surface area contributed by atoms with Crippen LogP contribution in [0.1, 0.15) is 87.4 Å². The molecule has 3 heterocycles. The summed E-state index contributed by atoms with van der Waals surface area (Å²) in [7, 11) is 3.08. The second kappa shape index (κ2) is 17.1. The molecular formula is C44H56N2O13. The van der Waals surface area contributed by atoms with Gasteiger partial charge >= 0.3 is 17.7 Å². The molecule has 0 spiro atoms. The summed E-state index contributed by atoms with van der Waals surface area (Å²) in [6.07, 6.45) is 3.59. The number of ether oxygens (including phenoxy) is 5. The number of nitrogens with zero attached hydrogens (tertiary/aromatic N) is 1. The van der Waals surface area contributed by atoms with Crippen molar-refractivity contribution in [3.63, 3.8) is 0 Å². The van der Waals surface area contributed by atoms with Crippen LogP contribution in [0.15, 0.2) is 36.1 Å². The molecule has 0 fully saturated rings. The monoisotopic (exact) mass is 820 g/mol. The van der Waals surface area contributed by atoms with Crippen molar-refractivity contribution < 1.29 is 63.3 Å². The van der Waals surface area contributed by atoms with Crippen LogP contribution < -0.4 is 10.1 Å². The van der Waals surface area contributed by atoms with Gasteiger partial charge in [0, 0.05) is 79.3 Å². The number of aromatic hydroxyl groups is 2. The van der Waals surface area contributed by atoms with Crippen LogP contribution in [0.3, 0.4) is 0 Å². The Bertz CT molecular complexity index is 2290. The lowest BCUT2D eigenvalue weighted by Crippen LogP contribution is -2.46. The van der Waals surface area contributed by atoms with E-state index in [4.69, 9.17) is 23.7 Å². The Morgan fingerprint density at radius 2 is 1.61 bits per heavy atom. The molecule has 1 aromatic heterocycles. The van der Waals surface area contributed by atoms with Gasteiger partial charge in [-0.05, 0) is 33.8 Å². The minimum atomic E-state index is -2.02. The van der Waals surface area contributed by atoms with E-state index in [9.17, 15) is 39.6 Å². The van der Waals surface area contributed by atoms with Gasteiger partial charge in [-0.15, -0.1) is 0 Å². The van der Waals surface area contributed by atoms with Crippen LogP contribution in [0.25, 0.3) is 21.7 Å². The highest BCUT2D eigenvalue weighted by molar-refractivity contribution is 6.31. The fourth-order valence-electron chi connectivity index (χ4n) is 8.27. The van der Waals surface area contributed by atoms with E-state index < -0.39 is 89.0 Å². The largest absolute Gasteiger partial charge is 0.507 e. The lowest BCUT2D eigenvalue weighted by Gasteiger charge is -2.38. The SMILES string of the molecule is CCOC(=O)c1c(C)n(C)c2c1c1c(O)c3c(O)c(C)c4c(c32)C(=O)C(C)(O/C=C/C(OC)C(C)C(OC(C)=O)C(C)C(O)C(C)C(O)C(C)/C=C\C=C(/C)C(=O)N1)O4. The number of fused-ring (bicyclic) bond motifs is 1. The van der Waals surface area contributed by atoms with Crippen molar-refractivity contribution in [2.24, 2.45) is 30.7 Å². The molecule has 3 aromatic rings. The molecular weight excluding hydrogens is 764 g/mol. The lowest BCUT2D eigenvalue weighted by molar-refractivity contribution is -0.160. The average molecular weight is 821 g/mol. The summed E-state index contributed by atoms with van der Waals surface area (Å²) >= 11 is 0. The van der Waals surface area contributed by atoms with Crippen LogP contribution in [0.5, 0.6) is 17.2 Å². The highest BCUT2D eigenvalue weighted by Crippen LogP contribution is 2.55. The van der Waals surface area contributed by atoms with Crippen LogP contribution in [-0.2, 0) is 35.6 Å². The van der Waals surface area contributed by atoms with Crippen molar-refractivity contribution in [1.82, 2.24) is 4.57 Å². The van der Waals surface area contributed by atoms with E-state index in [1.807, 2.05) is 0 Å². The molecule has 2 aliphatic rings. The number of carbonyl (C=O) groups is 4. The average Bonchev–Trinajstić information content (AvgIpc) is 3.61. The second-order valence-corrected chi connectivity index (χ2v) is 15.8. The number of rotatable bonds is 4. The molecule has 2 aliphatic heterocycles. The van der Waals surface area contributed by atoms with Crippen LogP contribution in [-0.4, -0.2) is 92.5 Å². The third-order valence-corrected chi connectivity index (χ3v) is 11.9. The van der Waals surface area contributed by atoms with E-state index in [1.165, 1.54) is 53.2 Å². The summed E-state index contributed by atoms with van der Waals surface area (Å²) in [5, 5.41) is 49.4. The first-order chi connectivity index (χ1) is 27.6. The maximum Gasteiger partial charge on any atom is 0.340 e. The Labute approximate surface area is 343 Å². The lowest BCUT2D eigenvalue weighted by atomic mass is 9.78. The molecule has 5 N–H and O–H groups in total. The number of anilines is 1. The number of aliphatic hydroxyl groups is 2. The number of phenolic OH excluding ortho intramolecular Hbond substituents is 2. The summed E-state index contributed by atoms with van der Waals surface area (Å²) in [5.41, 5.74) is 0.624. The Balaban J connectivity index is 1.81. The summed E-state index contributed by atoms with van der Waals surface area (Å²) in [6, 6.07) is 0. The van der Waals surface area contributed by atoms with Gasteiger partial charge in [0.25, 0.3) is 11.7 Å². The third kappa shape index (κ3) is 7.78. The zero-order valence-corrected chi connectivity index (χ0v) is 35.6. The smallest absolute Gasteiger partial charge is 0.340 e. The first kappa shape index (κ1) is 44.7. The number of ketones is 1. The molecule has 9 unspecified atom stereocenters. The van der Waals surface area contributed by atoms with Crippen molar-refractivity contribution in [2.75, 3.05) is 19.0 Å². The van der Waals surface area contributed by atoms with Crippen LogP contribution in [0.2, 0.25) is 0 Å². The first-order valence-corrected chi connectivity index (χ1v) is 19.7. The molecule has 2 aromatic carbocycles. The number of hydrogen-bond donors (Lipinski definition) is 5. The number of aryl methyl sites for hydroxylation is 1. The fourth-order valence-corrected chi connectivity index (χ4v) is 8.27. The summed E-state index contributed by atoms with van der Waals surface area (Å²) < 4.78 is 30.9. The first-order valence-electron chi connectivity index (χ1n) is 19.7. The number of esters is 2. The van der Waals surface area contributed by atoms with Crippen LogP contribution in [0.4, 0.5) is 5.69 Å². The molecule has 15 heteroatoms. The predicted molar refractivity (Wildman–Crippen MR) is 219 cm³/mol. The molecule has 1 amide bonds. The van der Waals surface area contributed by atoms with E-state index in [0.29, 0.717) is 5.69 Å². The number of hydrogen-bond acceptors (Lipinski definition) is 13. The Kier molecular flexibility index (Phi) is 12.9. The summed E-state index contributed by atoms with van der Waals surface area (Å²) in [5.74, 6) is -8.29. The minimum Gasteiger partial charge on any atom is -0.507 e. The van der Waals surface area contributed by atoms with Crippen LogP contribution in [0, 0.1) is 37.5 Å². The quantitative estimate of drug-likeness (QED) is 0.151. The number of allylic oxidation sites excluding steroid dienone is 2. The number of nitrogens with one attached hydrogen (secondary N) is 1. The summed E-state index contributed by atoms with van der Waals surface area (Å²) in [4.78, 5) is 54.6. The Morgan fingerprint density at radius 3 is 2.22 bits per heavy atom. The number of phenols is 2. The molecule has 9 atom stereocenters. The maximum atomic E-state index is 14.7. The molecule has 0 aliphatic carbocycles. The molecule has 59 heavy (non-hydrogen) atoms. The van der Waals surface area contributed by atoms with E-state index in [0.717, 1.165) is 0 Å². The van der Waals surface area contributed by atoms with Crippen molar-refractivity contribution in [3.8, 4) is 17.2 Å². The van der Waals surface area contributed by atoms with Crippen molar-refractivity contribution >= 4 is 51.0 Å². The molecule has 0 radical (unpaired) electrons. The fraction of sp³-hybridized carbons (Fsp3) is 0.500. The zero-order chi connectivity index (χ0) is 44.0. The molecule has 0 saturated carbocycles. The number of carbonyl (C=O) groups excluding carboxylic acids is 4. The molecule has 5 rings (SSSR count). The van der Waals surface area contributed by atoms with Gasteiger partial charge in [-0.25, -0.2) is 4.79 Å². The molecule has 15 nitrogen and oxygen atoms in total. The van der Waals surface area contributed by atoms with E-state index >= 15 is 0 Å². The van der Waals surface area contributed by atoms with Gasteiger partial charge < -0.3 is 54.0 Å². The van der Waals surface area contributed by atoms with E-state index in [-0.39, 0.29) is 62.0 Å². The van der Waals surface area contributed by atoms with Gasteiger partial charge in [0.15, 0.2) is 5.75 Å². The van der Waals surface area contributed by atoms with Crippen molar-refractivity contribution in [1.29, 1.82) is 0 Å². The van der Waals surface area contributed by atoms with Gasteiger partial charge in [-0.3, -0.25) is 14.4 Å². The Hall–Kier alpha value is -5.38. The topological polar surface area (TPSA) is 212 Å². The number of amides is 1. The van der Waals surface area contributed by atoms with E-state index in [2.05, 4.69) is 5.32 Å². The maximum absolute atomic E-state index is 14.7. The second-order valence-electron chi connectivity index (χ2n) is 15.8. The predicted octanol–water partition coefficient (Wildman–Crippen LogP) is 6.03. The minimum absolute atomic E-state index is 0.0159. The van der Waals surface area contributed by atoms with E-state index in [1.54, 1.807) is 65.3 Å². The molecule has 0 saturated heterocycles. The van der Waals surface area contributed by atoms with Gasteiger partial charge in [-0.1, -0.05) is 45.9 Å². The molecule has 4 bridgehead atoms. The van der Waals surface area contributed by atoms with Crippen LogP contribution >= 0.6 is 0 Å². The highest BCUT2D eigenvalue weighted by Gasteiger charge is 2.50. The number of methoxy groups -OCH3 is 1. The Morgan fingerprint density at radius 1 is 0.949 bits per heavy atom. The normalized spacial score (nSPS) is 30.0.